The van der Waals surface area contributed by atoms with E-state index in [0.29, 0.717) is 32.5 Å². The Labute approximate surface area is 114 Å². The summed E-state index contributed by atoms with van der Waals surface area (Å²) < 4.78 is 0. The maximum atomic E-state index is 12.4. The van der Waals surface area contributed by atoms with Crippen LogP contribution in [0, 0.1) is 10.8 Å². The lowest BCUT2D eigenvalue weighted by Gasteiger charge is -2.43. The highest BCUT2D eigenvalue weighted by Gasteiger charge is 2.42. The van der Waals surface area contributed by atoms with Crippen molar-refractivity contribution in [3.8, 4) is 0 Å². The van der Waals surface area contributed by atoms with Gasteiger partial charge in [0.1, 0.15) is 0 Å². The molecule has 0 bridgehead atoms. The fourth-order valence-corrected chi connectivity index (χ4v) is 3.19. The van der Waals surface area contributed by atoms with E-state index in [0.717, 1.165) is 25.7 Å². The number of aliphatic carboxylic acids is 1. The Hall–Kier alpha value is -1.10. The lowest BCUT2D eigenvalue weighted by molar-refractivity contribution is -0.154. The van der Waals surface area contributed by atoms with E-state index in [1.807, 2.05) is 0 Å². The molecule has 2 aliphatic rings. The second-order valence-corrected chi connectivity index (χ2v) is 6.52. The number of carbonyl (C=O) groups is 2. The molecule has 1 heterocycles. The summed E-state index contributed by atoms with van der Waals surface area (Å²) >= 11 is 0. The Morgan fingerprint density at radius 2 is 1.95 bits per heavy atom. The van der Waals surface area contributed by atoms with Crippen LogP contribution in [0.15, 0.2) is 0 Å². The minimum absolute atomic E-state index is 0.00580. The van der Waals surface area contributed by atoms with Gasteiger partial charge in [-0.2, -0.15) is 0 Å². The first-order valence-electron chi connectivity index (χ1n) is 7.12. The van der Waals surface area contributed by atoms with Crippen LogP contribution in [0.1, 0.15) is 45.4 Å². The van der Waals surface area contributed by atoms with Gasteiger partial charge < -0.3 is 15.7 Å². The summed E-state index contributed by atoms with van der Waals surface area (Å²) in [5.74, 6) is -0.723. The molecular formula is C14H24N2O3. The molecule has 2 fully saturated rings. The largest absolute Gasteiger partial charge is 0.481 e. The predicted octanol–water partition coefficient (Wildman–Crippen LogP) is 1.22. The molecule has 5 heteroatoms. The predicted molar refractivity (Wildman–Crippen MR) is 71.5 cm³/mol. The molecule has 1 amide bonds. The monoisotopic (exact) mass is 268 g/mol. The quantitative estimate of drug-likeness (QED) is 0.803. The SMILES string of the molecule is CC1(C(=O)O)CCCN(C(=O)CC2(CN)CCC2)C1. The average molecular weight is 268 g/mol. The third-order valence-electron chi connectivity index (χ3n) is 4.94. The van der Waals surface area contributed by atoms with Gasteiger partial charge in [0.05, 0.1) is 5.41 Å². The topological polar surface area (TPSA) is 83.6 Å². The zero-order valence-electron chi connectivity index (χ0n) is 11.7. The average Bonchev–Trinajstić information content (AvgIpc) is 2.33. The van der Waals surface area contributed by atoms with Crippen molar-refractivity contribution in [2.24, 2.45) is 16.6 Å². The number of amides is 1. The molecule has 1 unspecified atom stereocenters. The van der Waals surface area contributed by atoms with E-state index in [2.05, 4.69) is 0 Å². The van der Waals surface area contributed by atoms with Gasteiger partial charge in [-0.15, -0.1) is 0 Å². The third kappa shape index (κ3) is 2.76. The van der Waals surface area contributed by atoms with Crippen molar-refractivity contribution in [3.63, 3.8) is 0 Å². The van der Waals surface area contributed by atoms with Crippen molar-refractivity contribution >= 4 is 11.9 Å². The Bertz CT molecular complexity index is 373. The standard InChI is InChI=1S/C14H24N2O3/c1-13(12(18)19)4-3-7-16(10-13)11(17)8-14(9-15)5-2-6-14/h2-10,15H2,1H3,(H,18,19). The van der Waals surface area contributed by atoms with Crippen molar-refractivity contribution in [2.45, 2.75) is 45.4 Å². The molecular weight excluding hydrogens is 244 g/mol. The number of rotatable bonds is 4. The normalized spacial score (nSPS) is 29.7. The Balaban J connectivity index is 1.97. The van der Waals surface area contributed by atoms with E-state index in [4.69, 9.17) is 5.73 Å². The maximum Gasteiger partial charge on any atom is 0.311 e. The molecule has 0 aromatic heterocycles. The Morgan fingerprint density at radius 1 is 1.26 bits per heavy atom. The summed E-state index contributed by atoms with van der Waals surface area (Å²) in [7, 11) is 0. The molecule has 0 spiro atoms. The first kappa shape index (κ1) is 14.3. The van der Waals surface area contributed by atoms with Gasteiger partial charge in [-0.3, -0.25) is 9.59 Å². The number of hydrogen-bond acceptors (Lipinski definition) is 3. The highest BCUT2D eigenvalue weighted by molar-refractivity contribution is 5.80. The number of hydrogen-bond donors (Lipinski definition) is 2. The van der Waals surface area contributed by atoms with Crippen LogP contribution in [0.4, 0.5) is 0 Å². The van der Waals surface area contributed by atoms with Crippen LogP contribution in [0.25, 0.3) is 0 Å². The zero-order valence-corrected chi connectivity index (χ0v) is 11.7. The molecule has 1 saturated heterocycles. The molecule has 0 radical (unpaired) electrons. The van der Waals surface area contributed by atoms with Crippen LogP contribution < -0.4 is 5.73 Å². The lowest BCUT2D eigenvalue weighted by atomic mass is 9.66. The van der Waals surface area contributed by atoms with E-state index in [1.54, 1.807) is 11.8 Å². The van der Waals surface area contributed by atoms with Crippen LogP contribution in [0.3, 0.4) is 0 Å². The molecule has 1 aliphatic heterocycles. The van der Waals surface area contributed by atoms with E-state index in [-0.39, 0.29) is 11.3 Å². The van der Waals surface area contributed by atoms with Gasteiger partial charge >= 0.3 is 5.97 Å². The summed E-state index contributed by atoms with van der Waals surface area (Å²) in [5.41, 5.74) is 4.99. The van der Waals surface area contributed by atoms with Crippen molar-refractivity contribution in [1.29, 1.82) is 0 Å². The van der Waals surface area contributed by atoms with Crippen LogP contribution in [-0.4, -0.2) is 41.5 Å². The van der Waals surface area contributed by atoms with Gasteiger partial charge in [-0.25, -0.2) is 0 Å². The molecule has 0 aromatic rings. The minimum Gasteiger partial charge on any atom is -0.481 e. The molecule has 5 nitrogen and oxygen atoms in total. The summed E-state index contributed by atoms with van der Waals surface area (Å²) in [6, 6.07) is 0. The summed E-state index contributed by atoms with van der Waals surface area (Å²) in [6.07, 6.45) is 5.10. The summed E-state index contributed by atoms with van der Waals surface area (Å²) in [5, 5.41) is 9.28. The van der Waals surface area contributed by atoms with Crippen molar-refractivity contribution in [2.75, 3.05) is 19.6 Å². The highest BCUT2D eigenvalue weighted by atomic mass is 16.4. The molecule has 2 rings (SSSR count). The maximum absolute atomic E-state index is 12.4. The second-order valence-electron chi connectivity index (χ2n) is 6.52. The molecule has 1 atom stereocenters. The van der Waals surface area contributed by atoms with Gasteiger partial charge in [0.25, 0.3) is 0 Å². The summed E-state index contributed by atoms with van der Waals surface area (Å²) in [6.45, 7) is 3.31. The Morgan fingerprint density at radius 3 is 2.42 bits per heavy atom. The van der Waals surface area contributed by atoms with Gasteiger partial charge in [0.2, 0.25) is 5.91 Å². The first-order valence-corrected chi connectivity index (χ1v) is 7.12. The van der Waals surface area contributed by atoms with E-state index >= 15 is 0 Å². The van der Waals surface area contributed by atoms with Crippen LogP contribution >= 0.6 is 0 Å². The zero-order chi connectivity index (χ0) is 14.1. The number of likely N-dealkylation sites (tertiary alicyclic amines) is 1. The fourth-order valence-electron chi connectivity index (χ4n) is 3.19. The first-order chi connectivity index (χ1) is 8.91. The van der Waals surface area contributed by atoms with Gasteiger partial charge in [0, 0.05) is 19.5 Å². The second kappa shape index (κ2) is 5.12. The van der Waals surface area contributed by atoms with Crippen LogP contribution in [0.5, 0.6) is 0 Å². The van der Waals surface area contributed by atoms with Gasteiger partial charge in [0.15, 0.2) is 0 Å². The highest BCUT2D eigenvalue weighted by Crippen LogP contribution is 2.43. The van der Waals surface area contributed by atoms with Crippen LogP contribution in [0.2, 0.25) is 0 Å². The number of carboxylic acid groups (broad SMARTS) is 1. The van der Waals surface area contributed by atoms with Crippen LogP contribution in [-0.2, 0) is 9.59 Å². The molecule has 3 N–H and O–H groups in total. The number of piperidine rings is 1. The third-order valence-corrected chi connectivity index (χ3v) is 4.94. The van der Waals surface area contributed by atoms with E-state index < -0.39 is 11.4 Å². The number of nitrogens with zero attached hydrogens (tertiary/aromatic N) is 1. The molecule has 1 saturated carbocycles. The van der Waals surface area contributed by atoms with E-state index in [1.165, 1.54) is 0 Å². The summed E-state index contributed by atoms with van der Waals surface area (Å²) in [4.78, 5) is 25.4. The smallest absolute Gasteiger partial charge is 0.311 e. The van der Waals surface area contributed by atoms with Crippen molar-refractivity contribution < 1.29 is 14.7 Å². The molecule has 108 valence electrons. The molecule has 1 aliphatic carbocycles. The lowest BCUT2D eigenvalue weighted by Crippen LogP contribution is -2.50. The number of carbonyl (C=O) groups excluding carboxylic acids is 1. The van der Waals surface area contributed by atoms with Gasteiger partial charge in [-0.05, 0) is 44.6 Å². The molecule has 0 aromatic carbocycles. The molecule has 19 heavy (non-hydrogen) atoms. The van der Waals surface area contributed by atoms with Crippen molar-refractivity contribution in [3.05, 3.63) is 0 Å². The number of carboxylic acids is 1. The van der Waals surface area contributed by atoms with E-state index in [9.17, 15) is 14.7 Å². The minimum atomic E-state index is -0.804. The Kier molecular flexibility index (Phi) is 3.85. The fraction of sp³-hybridized carbons (Fsp3) is 0.857. The number of nitrogens with two attached hydrogens (primary N) is 1. The van der Waals surface area contributed by atoms with Gasteiger partial charge in [-0.1, -0.05) is 6.42 Å². The van der Waals surface area contributed by atoms with Crippen molar-refractivity contribution in [1.82, 2.24) is 4.90 Å².